The summed E-state index contributed by atoms with van der Waals surface area (Å²) < 4.78 is 29.1. The topological polar surface area (TPSA) is 132 Å². The van der Waals surface area contributed by atoms with Gasteiger partial charge in [0.05, 0.1) is 0 Å². The van der Waals surface area contributed by atoms with Crippen molar-refractivity contribution < 1.29 is 23.5 Å². The number of hydrogen-bond acceptors (Lipinski definition) is 5. The number of alkyl halides is 2. The molecule has 2 heterocycles. The Balaban J connectivity index is 1.78. The average molecular weight is 409 g/mol. The summed E-state index contributed by atoms with van der Waals surface area (Å²) >= 11 is 0. The molecule has 2 fully saturated rings. The van der Waals surface area contributed by atoms with Gasteiger partial charge in [-0.2, -0.15) is 9.61 Å². The van der Waals surface area contributed by atoms with Crippen molar-refractivity contribution in [1.29, 1.82) is 0 Å². The van der Waals surface area contributed by atoms with Gasteiger partial charge in [-0.15, -0.1) is 0 Å². The summed E-state index contributed by atoms with van der Waals surface area (Å²) in [6.45, 7) is 0.0965. The van der Waals surface area contributed by atoms with E-state index in [2.05, 4.69) is 10.4 Å². The zero-order valence-electron chi connectivity index (χ0n) is 15.5. The van der Waals surface area contributed by atoms with E-state index in [0.717, 1.165) is 17.4 Å². The van der Waals surface area contributed by atoms with Crippen LogP contribution in [0.2, 0.25) is 0 Å². The molecular formula is C18H21F2N5O4. The molecule has 4 N–H and O–H groups in total. The molecule has 2 aromatic rings. The van der Waals surface area contributed by atoms with Gasteiger partial charge in [0.25, 0.3) is 17.4 Å². The third kappa shape index (κ3) is 3.68. The highest BCUT2D eigenvalue weighted by Crippen LogP contribution is 2.37. The van der Waals surface area contributed by atoms with Crippen LogP contribution in [0.15, 0.2) is 10.9 Å². The van der Waals surface area contributed by atoms with Gasteiger partial charge in [0, 0.05) is 31.5 Å². The van der Waals surface area contributed by atoms with Crippen LogP contribution in [0.5, 0.6) is 5.88 Å². The van der Waals surface area contributed by atoms with E-state index in [9.17, 15) is 28.3 Å². The number of hydrogen-bond donors (Lipinski definition) is 3. The number of carbonyl (C=O) groups is 2. The van der Waals surface area contributed by atoms with Crippen LogP contribution < -0.4 is 16.6 Å². The van der Waals surface area contributed by atoms with Gasteiger partial charge in [-0.25, -0.2) is 8.78 Å². The van der Waals surface area contributed by atoms with Gasteiger partial charge in [0.1, 0.15) is 5.65 Å². The Morgan fingerprint density at radius 1 is 1.28 bits per heavy atom. The molecule has 0 unspecified atom stereocenters. The number of amides is 2. The standard InChI is InChI=1S/C18H21F2N5O4/c19-18(20)5-3-9(4-6-18)8-24-12-7-11(14(21)26)23-25(12)17(29)13(16(24)28)15(27)22-10-1-2-10/h7,9-10,28H,1-6,8H2,(H2,21,26)(H,22,27). The third-order valence-electron chi connectivity index (χ3n) is 5.52. The second-order valence-corrected chi connectivity index (χ2v) is 7.83. The number of halogens is 2. The van der Waals surface area contributed by atoms with Gasteiger partial charge in [0.2, 0.25) is 11.8 Å². The zero-order valence-corrected chi connectivity index (χ0v) is 15.5. The van der Waals surface area contributed by atoms with Crippen LogP contribution in [0.4, 0.5) is 8.78 Å². The van der Waals surface area contributed by atoms with E-state index in [-0.39, 0.29) is 55.5 Å². The minimum atomic E-state index is -2.71. The van der Waals surface area contributed by atoms with E-state index in [1.165, 1.54) is 10.6 Å². The summed E-state index contributed by atoms with van der Waals surface area (Å²) in [5.74, 6) is -5.09. The average Bonchev–Trinajstić information content (AvgIpc) is 3.33. The molecule has 9 nitrogen and oxygen atoms in total. The summed E-state index contributed by atoms with van der Waals surface area (Å²) in [7, 11) is 0. The molecule has 0 aromatic carbocycles. The maximum atomic E-state index is 13.5. The molecule has 0 aliphatic heterocycles. The SMILES string of the molecule is NC(=O)c1cc2n(CC3CCC(F)(F)CC3)c(O)c(C(=O)NC3CC3)c(=O)n2n1. The molecule has 11 heteroatoms. The van der Waals surface area contributed by atoms with E-state index in [0.29, 0.717) is 0 Å². The Labute approximate surface area is 163 Å². The highest BCUT2D eigenvalue weighted by Gasteiger charge is 2.36. The molecule has 156 valence electrons. The normalized spacial score (nSPS) is 19.4. The zero-order chi connectivity index (χ0) is 20.9. The third-order valence-corrected chi connectivity index (χ3v) is 5.52. The number of fused-ring (bicyclic) bond motifs is 1. The second-order valence-electron chi connectivity index (χ2n) is 7.83. The quantitative estimate of drug-likeness (QED) is 0.678. The lowest BCUT2D eigenvalue weighted by Crippen LogP contribution is -2.35. The Bertz CT molecular complexity index is 1050. The molecular weight excluding hydrogens is 388 g/mol. The predicted molar refractivity (Wildman–Crippen MR) is 97.0 cm³/mol. The minimum absolute atomic E-state index is 0.0511. The summed E-state index contributed by atoms with van der Waals surface area (Å²) in [6.07, 6.45) is 1.49. The summed E-state index contributed by atoms with van der Waals surface area (Å²) in [5, 5.41) is 17.3. The highest BCUT2D eigenvalue weighted by molar-refractivity contribution is 5.97. The molecule has 4 rings (SSSR count). The molecule has 0 radical (unpaired) electrons. The lowest BCUT2D eigenvalue weighted by atomic mass is 9.86. The van der Waals surface area contributed by atoms with E-state index in [1.54, 1.807) is 0 Å². The maximum absolute atomic E-state index is 13.5. The Kier molecular flexibility index (Phi) is 4.55. The highest BCUT2D eigenvalue weighted by atomic mass is 19.3. The monoisotopic (exact) mass is 409 g/mol. The first-order valence-electron chi connectivity index (χ1n) is 9.50. The Hall–Kier alpha value is -2.98. The number of nitrogens with zero attached hydrogens (tertiary/aromatic N) is 3. The van der Waals surface area contributed by atoms with Crippen LogP contribution in [-0.4, -0.2) is 43.1 Å². The molecule has 29 heavy (non-hydrogen) atoms. The van der Waals surface area contributed by atoms with Crippen LogP contribution in [0, 0.1) is 5.92 Å². The van der Waals surface area contributed by atoms with Gasteiger partial charge in [-0.05, 0) is 31.6 Å². The molecule has 2 saturated carbocycles. The molecule has 2 aromatic heterocycles. The fraction of sp³-hybridized carbons (Fsp3) is 0.556. The van der Waals surface area contributed by atoms with Crippen molar-refractivity contribution in [2.24, 2.45) is 11.7 Å². The maximum Gasteiger partial charge on any atom is 0.291 e. The number of primary amides is 1. The van der Waals surface area contributed by atoms with E-state index < -0.39 is 34.7 Å². The fourth-order valence-electron chi connectivity index (χ4n) is 3.68. The van der Waals surface area contributed by atoms with Gasteiger partial charge >= 0.3 is 0 Å². The second kappa shape index (κ2) is 6.82. The largest absolute Gasteiger partial charge is 0.494 e. The van der Waals surface area contributed by atoms with Crippen molar-refractivity contribution in [3.63, 3.8) is 0 Å². The first kappa shape index (κ1) is 19.3. The molecule has 0 bridgehead atoms. The number of nitrogens with one attached hydrogen (secondary N) is 1. The summed E-state index contributed by atoms with van der Waals surface area (Å²) in [5.41, 5.74) is 3.74. The smallest absolute Gasteiger partial charge is 0.291 e. The molecule has 2 amide bonds. The lowest BCUT2D eigenvalue weighted by Gasteiger charge is -2.29. The van der Waals surface area contributed by atoms with Crippen molar-refractivity contribution in [2.75, 3.05) is 0 Å². The number of carbonyl (C=O) groups excluding carboxylic acids is 2. The molecule has 2 aliphatic rings. The van der Waals surface area contributed by atoms with Crippen LogP contribution in [0.25, 0.3) is 5.65 Å². The number of aromatic nitrogens is 3. The van der Waals surface area contributed by atoms with Crippen LogP contribution >= 0.6 is 0 Å². The van der Waals surface area contributed by atoms with Gasteiger partial charge in [0.15, 0.2) is 11.3 Å². The van der Waals surface area contributed by atoms with Crippen LogP contribution in [-0.2, 0) is 6.54 Å². The summed E-state index contributed by atoms with van der Waals surface area (Å²) in [4.78, 5) is 36.8. The van der Waals surface area contributed by atoms with Gasteiger partial charge in [-0.3, -0.25) is 19.0 Å². The molecule has 2 aliphatic carbocycles. The first-order valence-corrected chi connectivity index (χ1v) is 9.50. The first-order chi connectivity index (χ1) is 13.7. The van der Waals surface area contributed by atoms with Crippen molar-refractivity contribution in [1.82, 2.24) is 19.5 Å². The fourth-order valence-corrected chi connectivity index (χ4v) is 3.68. The van der Waals surface area contributed by atoms with Crippen LogP contribution in [0.1, 0.15) is 59.4 Å². The van der Waals surface area contributed by atoms with E-state index in [1.807, 2.05) is 0 Å². The van der Waals surface area contributed by atoms with Gasteiger partial charge in [-0.1, -0.05) is 0 Å². The van der Waals surface area contributed by atoms with E-state index >= 15 is 0 Å². The van der Waals surface area contributed by atoms with Crippen molar-refractivity contribution >= 4 is 17.5 Å². The van der Waals surface area contributed by atoms with Crippen molar-refractivity contribution in [3.8, 4) is 5.88 Å². The predicted octanol–water partition coefficient (Wildman–Crippen LogP) is 1.02. The Morgan fingerprint density at radius 2 is 1.93 bits per heavy atom. The van der Waals surface area contributed by atoms with Crippen LogP contribution in [0.3, 0.4) is 0 Å². The van der Waals surface area contributed by atoms with Crippen molar-refractivity contribution in [3.05, 3.63) is 27.7 Å². The number of nitrogens with two attached hydrogens (primary N) is 1. The minimum Gasteiger partial charge on any atom is -0.494 e. The Morgan fingerprint density at radius 3 is 2.52 bits per heavy atom. The van der Waals surface area contributed by atoms with Gasteiger partial charge < -0.3 is 16.2 Å². The summed E-state index contributed by atoms with van der Waals surface area (Å²) in [6, 6.07) is 1.19. The molecule has 0 spiro atoms. The molecule has 0 saturated heterocycles. The number of rotatable bonds is 5. The number of aromatic hydroxyl groups is 1. The lowest BCUT2D eigenvalue weighted by molar-refractivity contribution is -0.0473. The van der Waals surface area contributed by atoms with Crippen molar-refractivity contribution in [2.45, 2.75) is 57.0 Å². The van der Waals surface area contributed by atoms with E-state index in [4.69, 9.17) is 5.73 Å². The molecule has 0 atom stereocenters.